The predicted molar refractivity (Wildman–Crippen MR) is 101 cm³/mol. The molecule has 0 unspecified atom stereocenters. The molecule has 3 aromatic carbocycles. The number of carboxylic acid groups (broad SMARTS) is 1. The van der Waals surface area contributed by atoms with Gasteiger partial charge in [0.25, 0.3) is 0 Å². The molecule has 0 saturated carbocycles. The number of hydrogen-bond acceptors (Lipinski definition) is 2. The number of para-hydroxylation sites is 1. The SMILES string of the molecule is Cn1c2ccccc2c2cc(C=Nc3ccc(C(=O)O)cc3)ccc21. The van der Waals surface area contributed by atoms with Crippen molar-refractivity contribution in [1.82, 2.24) is 4.57 Å². The molecule has 0 spiro atoms. The quantitative estimate of drug-likeness (QED) is 0.550. The van der Waals surface area contributed by atoms with E-state index in [0.717, 1.165) is 11.3 Å². The van der Waals surface area contributed by atoms with Gasteiger partial charge in [-0.25, -0.2) is 4.79 Å². The molecule has 4 rings (SSSR count). The smallest absolute Gasteiger partial charge is 0.335 e. The summed E-state index contributed by atoms with van der Waals surface area (Å²) in [7, 11) is 2.07. The summed E-state index contributed by atoms with van der Waals surface area (Å²) in [6.07, 6.45) is 1.80. The maximum atomic E-state index is 10.9. The first-order chi connectivity index (χ1) is 12.1. The first-order valence-electron chi connectivity index (χ1n) is 7.98. The zero-order valence-corrected chi connectivity index (χ0v) is 13.7. The van der Waals surface area contributed by atoms with Gasteiger partial charge < -0.3 is 9.67 Å². The minimum absolute atomic E-state index is 0.260. The maximum absolute atomic E-state index is 10.9. The van der Waals surface area contributed by atoms with E-state index < -0.39 is 5.97 Å². The summed E-state index contributed by atoms with van der Waals surface area (Å²) in [6.45, 7) is 0. The van der Waals surface area contributed by atoms with E-state index in [0.29, 0.717) is 0 Å². The Hall–Kier alpha value is -3.40. The van der Waals surface area contributed by atoms with Crippen LogP contribution in [0.4, 0.5) is 5.69 Å². The number of carbonyl (C=O) groups is 1. The van der Waals surface area contributed by atoms with Crippen LogP contribution in [0.1, 0.15) is 15.9 Å². The Balaban J connectivity index is 1.72. The van der Waals surface area contributed by atoms with Crippen LogP contribution in [-0.2, 0) is 7.05 Å². The van der Waals surface area contributed by atoms with Crippen molar-refractivity contribution in [1.29, 1.82) is 0 Å². The third-order valence-electron chi connectivity index (χ3n) is 4.41. The fourth-order valence-corrected chi connectivity index (χ4v) is 3.10. The van der Waals surface area contributed by atoms with Crippen LogP contribution in [0.5, 0.6) is 0 Å². The molecule has 1 N–H and O–H groups in total. The van der Waals surface area contributed by atoms with Crippen molar-refractivity contribution in [3.05, 3.63) is 77.9 Å². The van der Waals surface area contributed by atoms with Crippen molar-refractivity contribution < 1.29 is 9.90 Å². The Morgan fingerprint density at radius 3 is 2.44 bits per heavy atom. The first-order valence-corrected chi connectivity index (χ1v) is 7.98. The molecule has 0 radical (unpaired) electrons. The van der Waals surface area contributed by atoms with Crippen LogP contribution in [0.2, 0.25) is 0 Å². The number of nitrogens with zero attached hydrogens (tertiary/aromatic N) is 2. The lowest BCUT2D eigenvalue weighted by molar-refractivity contribution is 0.0697. The molecular formula is C21H16N2O2. The Bertz CT molecular complexity index is 1120. The van der Waals surface area contributed by atoms with E-state index >= 15 is 0 Å². The highest BCUT2D eigenvalue weighted by Gasteiger charge is 2.07. The molecule has 4 aromatic rings. The van der Waals surface area contributed by atoms with E-state index in [4.69, 9.17) is 5.11 Å². The topological polar surface area (TPSA) is 54.6 Å². The molecule has 122 valence electrons. The van der Waals surface area contributed by atoms with Gasteiger partial charge in [-0.2, -0.15) is 0 Å². The number of hydrogen-bond donors (Lipinski definition) is 1. The van der Waals surface area contributed by atoms with E-state index in [1.807, 2.05) is 18.2 Å². The van der Waals surface area contributed by atoms with E-state index in [1.165, 1.54) is 21.8 Å². The number of aromatic nitrogens is 1. The Morgan fingerprint density at radius 1 is 0.960 bits per heavy atom. The number of rotatable bonds is 3. The second-order valence-corrected chi connectivity index (χ2v) is 5.96. The van der Waals surface area contributed by atoms with Crippen molar-refractivity contribution in [3.63, 3.8) is 0 Å². The summed E-state index contributed by atoms with van der Waals surface area (Å²) < 4.78 is 2.19. The lowest BCUT2D eigenvalue weighted by Crippen LogP contribution is -1.94. The van der Waals surface area contributed by atoms with Crippen LogP contribution >= 0.6 is 0 Å². The summed E-state index contributed by atoms with van der Waals surface area (Å²) >= 11 is 0. The number of carboxylic acids is 1. The van der Waals surface area contributed by atoms with E-state index in [2.05, 4.69) is 40.9 Å². The molecule has 4 nitrogen and oxygen atoms in total. The normalized spacial score (nSPS) is 11.6. The number of benzene rings is 3. The monoisotopic (exact) mass is 328 g/mol. The summed E-state index contributed by atoms with van der Waals surface area (Å²) in [6, 6.07) is 21.1. The van der Waals surface area contributed by atoms with Crippen LogP contribution in [0.25, 0.3) is 21.8 Å². The van der Waals surface area contributed by atoms with Crippen LogP contribution in [0, 0.1) is 0 Å². The summed E-state index contributed by atoms with van der Waals surface area (Å²) in [4.78, 5) is 15.3. The van der Waals surface area contributed by atoms with Gasteiger partial charge in [-0.1, -0.05) is 24.3 Å². The zero-order chi connectivity index (χ0) is 17.4. The molecule has 0 amide bonds. The van der Waals surface area contributed by atoms with Gasteiger partial charge in [-0.05, 0) is 48.0 Å². The molecule has 0 aliphatic heterocycles. The molecule has 0 fully saturated rings. The molecule has 1 heterocycles. The van der Waals surface area contributed by atoms with Crippen LogP contribution in [0.3, 0.4) is 0 Å². The van der Waals surface area contributed by atoms with Crippen LogP contribution in [0.15, 0.2) is 71.7 Å². The molecule has 0 aliphatic carbocycles. The summed E-state index contributed by atoms with van der Waals surface area (Å²) in [5.41, 5.74) is 4.38. The highest BCUT2D eigenvalue weighted by atomic mass is 16.4. The Labute approximate surface area is 144 Å². The zero-order valence-electron chi connectivity index (χ0n) is 13.7. The van der Waals surface area contributed by atoms with Crippen molar-refractivity contribution in [2.24, 2.45) is 12.0 Å². The average molecular weight is 328 g/mol. The maximum Gasteiger partial charge on any atom is 0.335 e. The van der Waals surface area contributed by atoms with Crippen molar-refractivity contribution in [2.45, 2.75) is 0 Å². The summed E-state index contributed by atoms with van der Waals surface area (Å²) in [5.74, 6) is -0.933. The molecule has 0 atom stereocenters. The first kappa shape index (κ1) is 15.1. The van der Waals surface area contributed by atoms with Crippen LogP contribution in [-0.4, -0.2) is 21.9 Å². The Morgan fingerprint density at radius 2 is 1.68 bits per heavy atom. The van der Waals surface area contributed by atoms with E-state index in [1.54, 1.807) is 30.5 Å². The van der Waals surface area contributed by atoms with Gasteiger partial charge in [0.1, 0.15) is 0 Å². The lowest BCUT2D eigenvalue weighted by Gasteiger charge is -1.99. The number of aryl methyl sites for hydroxylation is 1. The van der Waals surface area contributed by atoms with Gasteiger partial charge in [-0.15, -0.1) is 0 Å². The molecule has 1 aromatic heterocycles. The van der Waals surface area contributed by atoms with Crippen LogP contribution < -0.4 is 0 Å². The molecular weight excluding hydrogens is 312 g/mol. The average Bonchev–Trinajstić information content (AvgIpc) is 2.93. The number of aromatic carboxylic acids is 1. The minimum atomic E-state index is -0.933. The van der Waals surface area contributed by atoms with Crippen molar-refractivity contribution in [3.8, 4) is 0 Å². The van der Waals surface area contributed by atoms with Gasteiger partial charge in [0.15, 0.2) is 0 Å². The number of aliphatic imine (C=N–C) groups is 1. The summed E-state index contributed by atoms with van der Waals surface area (Å²) in [5, 5.41) is 11.4. The van der Waals surface area contributed by atoms with Crippen molar-refractivity contribution >= 4 is 39.7 Å². The van der Waals surface area contributed by atoms with Gasteiger partial charge >= 0.3 is 5.97 Å². The second kappa shape index (κ2) is 5.91. The fraction of sp³-hybridized carbons (Fsp3) is 0.0476. The van der Waals surface area contributed by atoms with Gasteiger partial charge in [0.05, 0.1) is 11.3 Å². The third kappa shape index (κ3) is 2.68. The number of fused-ring (bicyclic) bond motifs is 3. The van der Waals surface area contributed by atoms with E-state index in [-0.39, 0.29) is 5.56 Å². The predicted octanol–water partition coefficient (Wildman–Crippen LogP) is 4.78. The lowest BCUT2D eigenvalue weighted by atomic mass is 10.1. The Kier molecular flexibility index (Phi) is 3.58. The molecule has 0 saturated heterocycles. The minimum Gasteiger partial charge on any atom is -0.478 e. The molecule has 0 aliphatic rings. The largest absolute Gasteiger partial charge is 0.478 e. The second-order valence-electron chi connectivity index (χ2n) is 5.96. The molecule has 25 heavy (non-hydrogen) atoms. The fourth-order valence-electron chi connectivity index (χ4n) is 3.10. The van der Waals surface area contributed by atoms with Crippen molar-refractivity contribution in [2.75, 3.05) is 0 Å². The highest BCUT2D eigenvalue weighted by molar-refractivity contribution is 6.09. The third-order valence-corrected chi connectivity index (χ3v) is 4.41. The standard InChI is InChI=1S/C21H16N2O2/c1-23-19-5-3-2-4-17(19)18-12-14(6-11-20(18)23)13-22-16-9-7-15(8-10-16)21(24)25/h2-13H,1H3,(H,24,25). The molecule has 4 heteroatoms. The van der Waals surface area contributed by atoms with Gasteiger partial charge in [0.2, 0.25) is 0 Å². The van der Waals surface area contributed by atoms with Gasteiger partial charge in [0, 0.05) is 35.1 Å². The van der Waals surface area contributed by atoms with E-state index in [9.17, 15) is 4.79 Å². The van der Waals surface area contributed by atoms with Gasteiger partial charge in [-0.3, -0.25) is 4.99 Å². The molecule has 0 bridgehead atoms. The highest BCUT2D eigenvalue weighted by Crippen LogP contribution is 2.28.